The number of nitrogens with one attached hydrogen (secondary N) is 1. The molecule has 2 rings (SSSR count). The molecule has 0 saturated heterocycles. The van der Waals surface area contributed by atoms with Crippen molar-refractivity contribution in [3.63, 3.8) is 0 Å². The first kappa shape index (κ1) is 11.9. The van der Waals surface area contributed by atoms with E-state index in [2.05, 4.69) is 10.4 Å². The number of hydrazine groups is 1. The lowest BCUT2D eigenvalue weighted by Gasteiger charge is -1.98. The maximum atomic E-state index is 10.8. The van der Waals surface area contributed by atoms with E-state index in [-0.39, 0.29) is 15.3 Å². The molecule has 2 aromatic rings. The smallest absolute Gasteiger partial charge is 0.344 e. The van der Waals surface area contributed by atoms with Gasteiger partial charge >= 0.3 is 11.4 Å². The fourth-order valence-electron chi connectivity index (χ4n) is 1.40. The number of hydrogen-bond acceptors (Lipinski definition) is 9. The lowest BCUT2D eigenvalue weighted by atomic mass is 10.2. The van der Waals surface area contributed by atoms with Gasteiger partial charge in [-0.2, -0.15) is 0 Å². The number of fused-ring (bicyclic) bond motifs is 1. The van der Waals surface area contributed by atoms with E-state index < -0.39 is 27.0 Å². The summed E-state index contributed by atoms with van der Waals surface area (Å²) in [6.45, 7) is 0. The molecule has 1 aromatic carbocycles. The maximum absolute atomic E-state index is 10.8. The molecule has 0 bridgehead atoms. The van der Waals surface area contributed by atoms with E-state index in [0.29, 0.717) is 0 Å². The normalized spacial score (nSPS) is 10.5. The Morgan fingerprint density at radius 3 is 2.56 bits per heavy atom. The quantitative estimate of drug-likeness (QED) is 0.425. The van der Waals surface area contributed by atoms with Crippen molar-refractivity contribution in [3.8, 4) is 5.75 Å². The SMILES string of the molecule is NNc1nc2c([N+](=O)[O-])c(O)c([N+](=O)[O-])cc2s1. The largest absolute Gasteiger partial charge is 0.497 e. The first-order chi connectivity index (χ1) is 8.45. The Morgan fingerprint density at radius 2 is 2.06 bits per heavy atom. The molecule has 0 spiro atoms. The molecule has 94 valence electrons. The average Bonchev–Trinajstić information content (AvgIpc) is 2.69. The van der Waals surface area contributed by atoms with Crippen LogP contribution in [0.3, 0.4) is 0 Å². The maximum Gasteiger partial charge on any atom is 0.344 e. The summed E-state index contributed by atoms with van der Waals surface area (Å²) >= 11 is 0.902. The second kappa shape index (κ2) is 4.05. The Balaban J connectivity index is 2.89. The van der Waals surface area contributed by atoms with Gasteiger partial charge in [0.25, 0.3) is 5.75 Å². The number of phenols is 1. The van der Waals surface area contributed by atoms with E-state index in [1.807, 2.05) is 0 Å². The second-order valence-electron chi connectivity index (χ2n) is 3.12. The first-order valence-electron chi connectivity index (χ1n) is 4.37. The minimum atomic E-state index is -1.02. The number of phenolic OH excluding ortho intramolecular Hbond substituents is 1. The van der Waals surface area contributed by atoms with Gasteiger partial charge in [-0.15, -0.1) is 0 Å². The molecule has 18 heavy (non-hydrogen) atoms. The Bertz CT molecular complexity index is 668. The molecule has 1 heterocycles. The minimum absolute atomic E-state index is 0.146. The molecule has 0 atom stereocenters. The van der Waals surface area contributed by atoms with Gasteiger partial charge in [-0.25, -0.2) is 10.8 Å². The summed E-state index contributed by atoms with van der Waals surface area (Å²) in [7, 11) is 0. The molecular weight excluding hydrogens is 266 g/mol. The molecule has 4 N–H and O–H groups in total. The van der Waals surface area contributed by atoms with Crippen LogP contribution in [0.1, 0.15) is 0 Å². The number of nitrogen functional groups attached to an aromatic ring is 1. The number of nitro groups is 2. The van der Waals surface area contributed by atoms with Crippen LogP contribution in [0.4, 0.5) is 16.5 Å². The molecule has 11 heteroatoms. The highest BCUT2D eigenvalue weighted by atomic mass is 32.1. The molecule has 0 unspecified atom stereocenters. The van der Waals surface area contributed by atoms with Gasteiger partial charge < -0.3 is 5.11 Å². The molecular formula is C7H5N5O5S. The van der Waals surface area contributed by atoms with Crippen molar-refractivity contribution in [2.45, 2.75) is 0 Å². The first-order valence-corrected chi connectivity index (χ1v) is 5.19. The second-order valence-corrected chi connectivity index (χ2v) is 4.15. The van der Waals surface area contributed by atoms with Crippen molar-refractivity contribution in [2.75, 3.05) is 5.43 Å². The Labute approximate surface area is 102 Å². The third-order valence-corrected chi connectivity index (χ3v) is 3.05. The topological polar surface area (TPSA) is 157 Å². The Morgan fingerprint density at radius 1 is 1.39 bits per heavy atom. The van der Waals surface area contributed by atoms with Gasteiger partial charge in [-0.1, -0.05) is 11.3 Å². The number of nitro benzene ring substituents is 2. The summed E-state index contributed by atoms with van der Waals surface area (Å²) < 4.78 is 0.180. The third kappa shape index (κ3) is 1.66. The lowest BCUT2D eigenvalue weighted by Crippen LogP contribution is -2.05. The van der Waals surface area contributed by atoms with Crippen LogP contribution >= 0.6 is 11.3 Å². The van der Waals surface area contributed by atoms with E-state index in [1.54, 1.807) is 0 Å². The number of nitrogens with two attached hydrogens (primary N) is 1. The number of aromatic nitrogens is 1. The summed E-state index contributed by atoms with van der Waals surface area (Å²) in [5.74, 6) is 4.09. The van der Waals surface area contributed by atoms with Crippen LogP contribution in [0.25, 0.3) is 10.2 Å². The monoisotopic (exact) mass is 271 g/mol. The van der Waals surface area contributed by atoms with Crippen molar-refractivity contribution >= 4 is 38.1 Å². The standard InChI is InChI=1S/C7H5N5O5S/c8-10-7-9-4-3(18-7)1-2(11(14)15)6(13)5(4)12(16)17/h1,13H,8H2,(H,9,10). The van der Waals surface area contributed by atoms with Crippen LogP contribution in [-0.4, -0.2) is 19.9 Å². The summed E-state index contributed by atoms with van der Waals surface area (Å²) in [6.07, 6.45) is 0. The highest BCUT2D eigenvalue weighted by Crippen LogP contribution is 2.44. The summed E-state index contributed by atoms with van der Waals surface area (Å²) in [5.41, 5.74) is 0.475. The van der Waals surface area contributed by atoms with Crippen molar-refractivity contribution in [2.24, 2.45) is 5.84 Å². The average molecular weight is 271 g/mol. The van der Waals surface area contributed by atoms with Crippen LogP contribution in [0.2, 0.25) is 0 Å². The van der Waals surface area contributed by atoms with Crippen molar-refractivity contribution < 1.29 is 15.0 Å². The van der Waals surface area contributed by atoms with Crippen molar-refractivity contribution in [1.82, 2.24) is 4.98 Å². The summed E-state index contributed by atoms with van der Waals surface area (Å²) in [4.78, 5) is 23.5. The fourth-order valence-corrected chi connectivity index (χ4v) is 2.21. The predicted octanol–water partition coefficient (Wildman–Crippen LogP) is 1.10. The molecule has 1 aromatic heterocycles. The molecule has 0 aliphatic heterocycles. The third-order valence-electron chi connectivity index (χ3n) is 2.12. The van der Waals surface area contributed by atoms with Crippen LogP contribution in [0.15, 0.2) is 6.07 Å². The van der Waals surface area contributed by atoms with Gasteiger partial charge in [0.05, 0.1) is 14.5 Å². The van der Waals surface area contributed by atoms with Gasteiger partial charge in [-0.3, -0.25) is 25.7 Å². The number of nitrogens with zero attached hydrogens (tertiary/aromatic N) is 3. The van der Waals surface area contributed by atoms with Crippen molar-refractivity contribution in [3.05, 3.63) is 26.3 Å². The number of anilines is 1. The van der Waals surface area contributed by atoms with E-state index in [9.17, 15) is 25.3 Å². The summed E-state index contributed by atoms with van der Waals surface area (Å²) in [6, 6.07) is 1.01. The van der Waals surface area contributed by atoms with Crippen LogP contribution < -0.4 is 11.3 Å². The minimum Gasteiger partial charge on any atom is -0.497 e. The zero-order valence-corrected chi connectivity index (χ0v) is 9.30. The van der Waals surface area contributed by atoms with Crippen molar-refractivity contribution in [1.29, 1.82) is 0 Å². The van der Waals surface area contributed by atoms with Gasteiger partial charge in [0.2, 0.25) is 0 Å². The molecule has 0 aliphatic rings. The molecule has 0 aliphatic carbocycles. The zero-order valence-electron chi connectivity index (χ0n) is 8.48. The Kier molecular flexibility index (Phi) is 2.68. The van der Waals surface area contributed by atoms with E-state index in [0.717, 1.165) is 17.4 Å². The van der Waals surface area contributed by atoms with Crippen LogP contribution in [0, 0.1) is 20.2 Å². The fraction of sp³-hybridized carbons (Fsp3) is 0. The summed E-state index contributed by atoms with van der Waals surface area (Å²) in [5, 5.41) is 31.2. The molecule has 0 saturated carbocycles. The number of thiazole rings is 1. The van der Waals surface area contributed by atoms with E-state index in [4.69, 9.17) is 5.84 Å². The highest BCUT2D eigenvalue weighted by molar-refractivity contribution is 7.22. The Hall–Kier alpha value is -2.53. The van der Waals surface area contributed by atoms with Gasteiger partial charge in [0.1, 0.15) is 0 Å². The zero-order chi connectivity index (χ0) is 13.4. The number of rotatable bonds is 3. The lowest BCUT2D eigenvalue weighted by molar-refractivity contribution is -0.394. The molecule has 0 amide bonds. The number of aromatic hydroxyl groups is 1. The molecule has 0 radical (unpaired) electrons. The molecule has 10 nitrogen and oxygen atoms in total. The van der Waals surface area contributed by atoms with E-state index in [1.165, 1.54) is 0 Å². The van der Waals surface area contributed by atoms with Crippen LogP contribution in [0.5, 0.6) is 5.75 Å². The van der Waals surface area contributed by atoms with Crippen LogP contribution in [-0.2, 0) is 0 Å². The molecule has 0 fully saturated rings. The highest BCUT2D eigenvalue weighted by Gasteiger charge is 2.31. The van der Waals surface area contributed by atoms with Gasteiger partial charge in [0, 0.05) is 6.07 Å². The number of hydrogen-bond donors (Lipinski definition) is 3. The predicted molar refractivity (Wildman–Crippen MR) is 62.4 cm³/mol. The van der Waals surface area contributed by atoms with Gasteiger partial charge in [0.15, 0.2) is 10.6 Å². The van der Waals surface area contributed by atoms with E-state index >= 15 is 0 Å². The van der Waals surface area contributed by atoms with Gasteiger partial charge in [-0.05, 0) is 0 Å². The number of benzene rings is 1.